The third-order valence-corrected chi connectivity index (χ3v) is 3.34. The van der Waals surface area contributed by atoms with Crippen LogP contribution < -0.4 is 5.32 Å². The maximum atomic E-state index is 11.6. The smallest absolute Gasteiger partial charge is 0.410 e. The van der Waals surface area contributed by atoms with Crippen molar-refractivity contribution in [1.29, 1.82) is 0 Å². The maximum absolute atomic E-state index is 11.6. The highest BCUT2D eigenvalue weighted by atomic mass is 35.5. The molecule has 0 saturated carbocycles. The van der Waals surface area contributed by atoms with E-state index in [4.69, 9.17) is 9.84 Å². The minimum atomic E-state index is -0.835. The van der Waals surface area contributed by atoms with Crippen molar-refractivity contribution in [1.82, 2.24) is 10.2 Å². The van der Waals surface area contributed by atoms with E-state index in [0.717, 1.165) is 6.42 Å². The zero-order valence-electron chi connectivity index (χ0n) is 9.59. The normalized spacial score (nSPS) is 30.6. The van der Waals surface area contributed by atoms with Crippen molar-refractivity contribution in [3.8, 4) is 0 Å². The lowest BCUT2D eigenvalue weighted by Crippen LogP contribution is -2.39. The number of fused-ring (bicyclic) bond motifs is 1. The van der Waals surface area contributed by atoms with Crippen molar-refractivity contribution in [3.05, 3.63) is 0 Å². The first-order valence-corrected chi connectivity index (χ1v) is 5.54. The molecule has 6 nitrogen and oxygen atoms in total. The minimum Gasteiger partial charge on any atom is -0.480 e. The Morgan fingerprint density at radius 3 is 2.82 bits per heavy atom. The Morgan fingerprint density at radius 2 is 2.24 bits per heavy atom. The number of nitrogens with zero attached hydrogens (tertiary/aromatic N) is 1. The lowest BCUT2D eigenvalue weighted by molar-refractivity contribution is -0.140. The number of rotatable bonds is 2. The Morgan fingerprint density at radius 1 is 1.53 bits per heavy atom. The predicted octanol–water partition coefficient (Wildman–Crippen LogP) is 0.312. The molecule has 0 aliphatic carbocycles. The quantitative estimate of drug-likeness (QED) is 0.751. The van der Waals surface area contributed by atoms with Crippen molar-refractivity contribution in [2.75, 3.05) is 19.7 Å². The highest BCUT2D eigenvalue weighted by molar-refractivity contribution is 5.85. The van der Waals surface area contributed by atoms with Crippen LogP contribution in [0.3, 0.4) is 0 Å². The monoisotopic (exact) mass is 264 g/mol. The first-order chi connectivity index (χ1) is 7.65. The topological polar surface area (TPSA) is 78.9 Å². The fraction of sp³-hybridized carbons (Fsp3) is 0.800. The second-order valence-electron chi connectivity index (χ2n) is 4.14. The van der Waals surface area contributed by atoms with Gasteiger partial charge >= 0.3 is 12.1 Å². The van der Waals surface area contributed by atoms with Gasteiger partial charge in [-0.2, -0.15) is 0 Å². The van der Waals surface area contributed by atoms with E-state index in [9.17, 15) is 9.59 Å². The van der Waals surface area contributed by atoms with Crippen LogP contribution in [0.1, 0.15) is 13.3 Å². The number of carboxylic acids is 1. The van der Waals surface area contributed by atoms with E-state index in [1.165, 1.54) is 0 Å². The number of halogens is 1. The minimum absolute atomic E-state index is 0. The Balaban J connectivity index is 0.00000144. The second-order valence-corrected chi connectivity index (χ2v) is 4.14. The number of hydrogen-bond donors (Lipinski definition) is 2. The number of carboxylic acid groups (broad SMARTS) is 1. The molecule has 0 radical (unpaired) electrons. The first-order valence-electron chi connectivity index (χ1n) is 5.54. The molecule has 2 saturated heterocycles. The molecule has 17 heavy (non-hydrogen) atoms. The van der Waals surface area contributed by atoms with Crippen molar-refractivity contribution in [2.24, 2.45) is 5.92 Å². The molecule has 0 aromatic heterocycles. The van der Waals surface area contributed by atoms with E-state index < -0.39 is 12.0 Å². The Bertz CT molecular complexity index is 313. The summed E-state index contributed by atoms with van der Waals surface area (Å²) in [5, 5.41) is 11.9. The average molecular weight is 265 g/mol. The van der Waals surface area contributed by atoms with Crippen molar-refractivity contribution < 1.29 is 19.4 Å². The first kappa shape index (κ1) is 14.1. The lowest BCUT2D eigenvalue weighted by atomic mass is 9.97. The molecule has 2 heterocycles. The zero-order valence-corrected chi connectivity index (χ0v) is 10.4. The van der Waals surface area contributed by atoms with Crippen molar-refractivity contribution in [3.63, 3.8) is 0 Å². The number of aliphatic carboxylic acids is 1. The average Bonchev–Trinajstić information content (AvgIpc) is 2.76. The van der Waals surface area contributed by atoms with E-state index in [-0.39, 0.29) is 30.5 Å². The number of carbonyl (C=O) groups excluding carboxylic acids is 1. The molecule has 2 aliphatic heterocycles. The van der Waals surface area contributed by atoms with Gasteiger partial charge in [0.1, 0.15) is 6.04 Å². The van der Waals surface area contributed by atoms with Gasteiger partial charge in [-0.05, 0) is 13.3 Å². The summed E-state index contributed by atoms with van der Waals surface area (Å²) in [6.45, 7) is 3.25. The molecule has 7 heteroatoms. The summed E-state index contributed by atoms with van der Waals surface area (Å²) < 4.78 is 4.94. The summed E-state index contributed by atoms with van der Waals surface area (Å²) in [5.41, 5.74) is 0. The Kier molecular flexibility index (Phi) is 4.59. The summed E-state index contributed by atoms with van der Waals surface area (Å²) in [7, 11) is 0. The van der Waals surface area contributed by atoms with Crippen molar-refractivity contribution in [2.45, 2.75) is 25.4 Å². The van der Waals surface area contributed by atoms with E-state index in [1.807, 2.05) is 0 Å². The van der Waals surface area contributed by atoms with Crippen LogP contribution in [0.5, 0.6) is 0 Å². The van der Waals surface area contributed by atoms with E-state index >= 15 is 0 Å². The number of nitrogens with one attached hydrogen (secondary N) is 1. The predicted molar refractivity (Wildman–Crippen MR) is 62.3 cm³/mol. The summed E-state index contributed by atoms with van der Waals surface area (Å²) in [6.07, 6.45) is 0.399. The molecule has 98 valence electrons. The zero-order chi connectivity index (χ0) is 11.7. The molecule has 0 bridgehead atoms. The molecule has 0 aromatic carbocycles. The largest absolute Gasteiger partial charge is 0.480 e. The lowest BCUT2D eigenvalue weighted by Gasteiger charge is -2.22. The Labute approximate surface area is 106 Å². The molecule has 0 aromatic rings. The fourth-order valence-electron chi connectivity index (χ4n) is 2.63. The van der Waals surface area contributed by atoms with Gasteiger partial charge in [0.25, 0.3) is 0 Å². The van der Waals surface area contributed by atoms with Crippen LogP contribution in [-0.4, -0.2) is 53.8 Å². The molecule has 2 fully saturated rings. The summed E-state index contributed by atoms with van der Waals surface area (Å²) in [6, 6.07) is -0.551. The highest BCUT2D eigenvalue weighted by Crippen LogP contribution is 2.31. The fourth-order valence-corrected chi connectivity index (χ4v) is 2.63. The third kappa shape index (κ3) is 2.47. The van der Waals surface area contributed by atoms with Gasteiger partial charge in [0.2, 0.25) is 0 Å². The number of amides is 1. The van der Waals surface area contributed by atoms with Crippen LogP contribution in [0.4, 0.5) is 4.79 Å². The molecule has 3 atom stereocenters. The molecular formula is C10H17ClN2O4. The van der Waals surface area contributed by atoms with Gasteiger partial charge in [-0.3, -0.25) is 4.79 Å². The molecule has 2 rings (SSSR count). The maximum Gasteiger partial charge on any atom is 0.410 e. The molecule has 2 aliphatic rings. The van der Waals surface area contributed by atoms with Gasteiger partial charge in [-0.25, -0.2) is 4.79 Å². The number of ether oxygens (including phenoxy) is 1. The molecule has 1 amide bonds. The van der Waals surface area contributed by atoms with E-state index in [2.05, 4.69) is 5.32 Å². The van der Waals surface area contributed by atoms with Crippen LogP contribution in [0.25, 0.3) is 0 Å². The van der Waals surface area contributed by atoms with Gasteiger partial charge in [0, 0.05) is 19.0 Å². The third-order valence-electron chi connectivity index (χ3n) is 3.34. The molecule has 3 unspecified atom stereocenters. The molecule has 0 spiro atoms. The standard InChI is InChI=1S/C10H16N2O4.ClH/c1-2-16-10(15)12-4-3-6-7(12)5-11-8(6)9(13)14;/h6-8,11H,2-5H2,1H3,(H,13,14);1H. The van der Waals surface area contributed by atoms with Crippen LogP contribution in [0.2, 0.25) is 0 Å². The van der Waals surface area contributed by atoms with Crippen LogP contribution >= 0.6 is 12.4 Å². The SMILES string of the molecule is CCOC(=O)N1CCC2C(C(=O)O)NCC21.Cl. The highest BCUT2D eigenvalue weighted by Gasteiger charge is 2.48. The van der Waals surface area contributed by atoms with Gasteiger partial charge in [-0.1, -0.05) is 0 Å². The number of hydrogen-bond acceptors (Lipinski definition) is 4. The summed E-state index contributed by atoms with van der Waals surface area (Å²) in [4.78, 5) is 24.2. The van der Waals surface area contributed by atoms with Gasteiger partial charge in [-0.15, -0.1) is 12.4 Å². The van der Waals surface area contributed by atoms with Gasteiger partial charge in [0.15, 0.2) is 0 Å². The molecule has 2 N–H and O–H groups in total. The second kappa shape index (κ2) is 5.55. The van der Waals surface area contributed by atoms with Crippen molar-refractivity contribution >= 4 is 24.5 Å². The van der Waals surface area contributed by atoms with Crippen LogP contribution in [0, 0.1) is 5.92 Å². The molecular weight excluding hydrogens is 248 g/mol. The van der Waals surface area contributed by atoms with Gasteiger partial charge < -0.3 is 20.1 Å². The summed E-state index contributed by atoms with van der Waals surface area (Å²) >= 11 is 0. The van der Waals surface area contributed by atoms with Crippen LogP contribution in [-0.2, 0) is 9.53 Å². The van der Waals surface area contributed by atoms with Crippen LogP contribution in [0.15, 0.2) is 0 Å². The number of carbonyl (C=O) groups is 2. The van der Waals surface area contributed by atoms with E-state index in [0.29, 0.717) is 19.7 Å². The van der Waals surface area contributed by atoms with E-state index in [1.54, 1.807) is 11.8 Å². The number of likely N-dealkylation sites (tertiary alicyclic amines) is 1. The Hall–Kier alpha value is -1.01. The summed E-state index contributed by atoms with van der Waals surface area (Å²) in [5.74, 6) is -0.819. The van der Waals surface area contributed by atoms with Gasteiger partial charge in [0.05, 0.1) is 12.6 Å².